The zero-order valence-corrected chi connectivity index (χ0v) is 14.8. The van der Waals surface area contributed by atoms with Crippen LogP contribution in [-0.2, 0) is 16.0 Å². The Kier molecular flexibility index (Phi) is 7.71. The number of aryl methyl sites for hydroxylation is 1. The molecule has 0 aliphatic carbocycles. The van der Waals surface area contributed by atoms with E-state index in [9.17, 15) is 18.0 Å². The Morgan fingerprint density at radius 1 is 1.15 bits per heavy atom. The summed E-state index contributed by atoms with van der Waals surface area (Å²) in [5, 5.41) is 0. The van der Waals surface area contributed by atoms with Crippen LogP contribution in [-0.4, -0.2) is 67.8 Å². The van der Waals surface area contributed by atoms with Crippen molar-refractivity contribution in [2.24, 2.45) is 0 Å². The van der Waals surface area contributed by atoms with Gasteiger partial charge in [-0.25, -0.2) is 0 Å². The minimum atomic E-state index is -4.27. The van der Waals surface area contributed by atoms with Gasteiger partial charge in [0, 0.05) is 51.4 Å². The normalized spacial score (nSPS) is 16.0. The number of ether oxygens (including phenoxy) is 1. The number of hydrogen-bond acceptors (Lipinski definition) is 4. The molecule has 1 aromatic rings. The van der Waals surface area contributed by atoms with Crippen molar-refractivity contribution in [3.05, 3.63) is 29.8 Å². The highest BCUT2D eigenvalue weighted by Gasteiger charge is 2.27. The number of benzene rings is 1. The fourth-order valence-electron chi connectivity index (χ4n) is 2.96. The number of hydrogen-bond donors (Lipinski definition) is 1. The smallest absolute Gasteiger partial charge is 0.399 e. The van der Waals surface area contributed by atoms with Crippen molar-refractivity contribution in [2.45, 2.75) is 25.4 Å². The highest BCUT2D eigenvalue weighted by molar-refractivity contribution is 5.76. The molecule has 1 saturated heterocycles. The van der Waals surface area contributed by atoms with E-state index in [4.69, 9.17) is 5.73 Å². The van der Waals surface area contributed by atoms with Crippen LogP contribution in [0.15, 0.2) is 24.3 Å². The van der Waals surface area contributed by atoms with Crippen LogP contribution in [0.4, 0.5) is 18.9 Å². The molecule has 5 nitrogen and oxygen atoms in total. The van der Waals surface area contributed by atoms with Crippen molar-refractivity contribution in [1.29, 1.82) is 0 Å². The van der Waals surface area contributed by atoms with Crippen molar-refractivity contribution < 1.29 is 22.7 Å². The Bertz CT molecular complexity index is 573. The summed E-state index contributed by atoms with van der Waals surface area (Å²) in [6, 6.07) is 7.54. The second kappa shape index (κ2) is 9.78. The molecular formula is C18H26F3N3O2. The van der Waals surface area contributed by atoms with Crippen molar-refractivity contribution >= 4 is 11.6 Å². The Balaban J connectivity index is 1.60. The highest BCUT2D eigenvalue weighted by atomic mass is 19.4. The Morgan fingerprint density at radius 2 is 1.85 bits per heavy atom. The number of halogens is 3. The van der Waals surface area contributed by atoms with E-state index in [0.29, 0.717) is 44.6 Å². The van der Waals surface area contributed by atoms with Gasteiger partial charge in [0.05, 0.1) is 0 Å². The molecule has 0 radical (unpaired) electrons. The van der Waals surface area contributed by atoms with Crippen molar-refractivity contribution in [3.63, 3.8) is 0 Å². The average Bonchev–Trinajstić information content (AvgIpc) is 2.60. The molecule has 1 fully saturated rings. The van der Waals surface area contributed by atoms with E-state index in [0.717, 1.165) is 18.7 Å². The van der Waals surface area contributed by atoms with E-state index < -0.39 is 12.8 Å². The Hall–Kier alpha value is -1.80. The summed E-state index contributed by atoms with van der Waals surface area (Å²) < 4.78 is 40.5. The number of para-hydroxylation sites is 1. The number of nitrogens with two attached hydrogens (primary N) is 1. The number of piperazine rings is 1. The minimum Gasteiger partial charge on any atom is -0.399 e. The van der Waals surface area contributed by atoms with Crippen LogP contribution in [0.1, 0.15) is 18.4 Å². The lowest BCUT2D eigenvalue weighted by Gasteiger charge is -2.34. The first-order valence-electron chi connectivity index (χ1n) is 8.83. The van der Waals surface area contributed by atoms with E-state index in [1.54, 1.807) is 0 Å². The van der Waals surface area contributed by atoms with Crippen molar-refractivity contribution in [3.8, 4) is 0 Å². The molecule has 0 saturated carbocycles. The number of nitrogens with zero attached hydrogens (tertiary/aromatic N) is 2. The van der Waals surface area contributed by atoms with E-state index in [2.05, 4.69) is 9.64 Å². The summed E-state index contributed by atoms with van der Waals surface area (Å²) in [5.74, 6) is 0.112. The summed E-state index contributed by atoms with van der Waals surface area (Å²) in [6.45, 7) is 2.34. The Labute approximate surface area is 151 Å². The van der Waals surface area contributed by atoms with Crippen molar-refractivity contribution in [1.82, 2.24) is 9.80 Å². The molecule has 1 heterocycles. The first-order chi connectivity index (χ1) is 12.3. The molecule has 1 aromatic carbocycles. The third-order valence-corrected chi connectivity index (χ3v) is 4.42. The second-order valence-electron chi connectivity index (χ2n) is 6.44. The maximum Gasteiger partial charge on any atom is 0.411 e. The summed E-state index contributed by atoms with van der Waals surface area (Å²) in [5.41, 5.74) is 7.58. The zero-order valence-electron chi connectivity index (χ0n) is 14.8. The van der Waals surface area contributed by atoms with Gasteiger partial charge in [-0.3, -0.25) is 9.69 Å². The van der Waals surface area contributed by atoms with Gasteiger partial charge in [-0.1, -0.05) is 18.2 Å². The molecule has 2 rings (SSSR count). The lowest BCUT2D eigenvalue weighted by Crippen LogP contribution is -2.49. The fraction of sp³-hybridized carbons (Fsp3) is 0.611. The molecule has 0 bridgehead atoms. The number of anilines is 1. The highest BCUT2D eigenvalue weighted by Crippen LogP contribution is 2.15. The van der Waals surface area contributed by atoms with Crippen LogP contribution >= 0.6 is 0 Å². The van der Waals surface area contributed by atoms with Gasteiger partial charge >= 0.3 is 6.18 Å². The molecule has 146 valence electrons. The van der Waals surface area contributed by atoms with Crippen LogP contribution in [0.5, 0.6) is 0 Å². The molecule has 1 aliphatic heterocycles. The molecule has 8 heteroatoms. The molecule has 0 unspecified atom stereocenters. The van der Waals surface area contributed by atoms with Crippen LogP contribution in [0.25, 0.3) is 0 Å². The molecule has 26 heavy (non-hydrogen) atoms. The van der Waals surface area contributed by atoms with Crippen molar-refractivity contribution in [2.75, 3.05) is 51.7 Å². The maximum absolute atomic E-state index is 12.3. The monoisotopic (exact) mass is 373 g/mol. The summed E-state index contributed by atoms with van der Waals surface area (Å²) in [6.07, 6.45) is -2.66. The number of amides is 1. The predicted octanol–water partition coefficient (Wildman–Crippen LogP) is 2.31. The van der Waals surface area contributed by atoms with E-state index >= 15 is 0 Å². The predicted molar refractivity (Wildman–Crippen MR) is 93.7 cm³/mol. The standard InChI is InChI=1S/C18H26F3N3O2/c19-18(20,21)14-26-13-3-8-23-9-11-24(12-10-23)17(25)7-6-15-4-1-2-5-16(15)22/h1-2,4-5H,3,6-14,22H2. The van der Waals surface area contributed by atoms with E-state index in [-0.39, 0.29) is 12.5 Å². The third kappa shape index (κ3) is 7.21. The lowest BCUT2D eigenvalue weighted by atomic mass is 10.1. The zero-order chi connectivity index (χ0) is 19.0. The van der Waals surface area contributed by atoms with E-state index in [1.807, 2.05) is 29.2 Å². The Morgan fingerprint density at radius 3 is 2.50 bits per heavy atom. The minimum absolute atomic E-state index is 0.0944. The molecule has 0 aromatic heterocycles. The van der Waals surface area contributed by atoms with Gasteiger partial charge < -0.3 is 15.4 Å². The number of rotatable bonds is 8. The van der Waals surface area contributed by atoms with Crippen LogP contribution in [0, 0.1) is 0 Å². The number of carbonyl (C=O) groups is 1. The van der Waals surface area contributed by atoms with Gasteiger partial charge in [-0.05, 0) is 24.5 Å². The molecule has 1 amide bonds. The molecule has 0 spiro atoms. The van der Waals surface area contributed by atoms with Gasteiger partial charge in [0.25, 0.3) is 0 Å². The molecule has 0 atom stereocenters. The maximum atomic E-state index is 12.3. The molecule has 2 N–H and O–H groups in total. The average molecular weight is 373 g/mol. The SMILES string of the molecule is Nc1ccccc1CCC(=O)N1CCN(CCCOCC(F)(F)F)CC1. The third-order valence-electron chi connectivity index (χ3n) is 4.42. The van der Waals surface area contributed by atoms with Gasteiger partial charge in [0.1, 0.15) is 6.61 Å². The fourth-order valence-corrected chi connectivity index (χ4v) is 2.96. The van der Waals surface area contributed by atoms with Gasteiger partial charge in [-0.15, -0.1) is 0 Å². The lowest BCUT2D eigenvalue weighted by molar-refractivity contribution is -0.174. The number of alkyl halides is 3. The van der Waals surface area contributed by atoms with Crippen LogP contribution < -0.4 is 5.73 Å². The molecular weight excluding hydrogens is 347 g/mol. The molecule has 1 aliphatic rings. The second-order valence-corrected chi connectivity index (χ2v) is 6.44. The number of nitrogen functional groups attached to an aromatic ring is 1. The summed E-state index contributed by atoms with van der Waals surface area (Å²) in [4.78, 5) is 16.3. The van der Waals surface area contributed by atoms with Gasteiger partial charge in [0.15, 0.2) is 0 Å². The van der Waals surface area contributed by atoms with Gasteiger partial charge in [-0.2, -0.15) is 13.2 Å². The largest absolute Gasteiger partial charge is 0.411 e. The van der Waals surface area contributed by atoms with Gasteiger partial charge in [0.2, 0.25) is 5.91 Å². The first kappa shape index (κ1) is 20.5. The van der Waals surface area contributed by atoms with Crippen LogP contribution in [0.2, 0.25) is 0 Å². The van der Waals surface area contributed by atoms with Crippen LogP contribution in [0.3, 0.4) is 0 Å². The quantitative estimate of drug-likeness (QED) is 0.561. The number of carbonyl (C=O) groups excluding carboxylic acids is 1. The topological polar surface area (TPSA) is 58.8 Å². The van der Waals surface area contributed by atoms with E-state index in [1.165, 1.54) is 0 Å². The first-order valence-corrected chi connectivity index (χ1v) is 8.83. The summed E-state index contributed by atoms with van der Waals surface area (Å²) in [7, 11) is 0. The summed E-state index contributed by atoms with van der Waals surface area (Å²) >= 11 is 0.